The first kappa shape index (κ1) is 22.2. The highest BCUT2D eigenvalue weighted by atomic mass is 127. The molecule has 2 aromatic heterocycles. The van der Waals surface area contributed by atoms with Crippen LogP contribution in [-0.4, -0.2) is 50.3 Å². The van der Waals surface area contributed by atoms with E-state index in [2.05, 4.69) is 15.4 Å². The van der Waals surface area contributed by atoms with Gasteiger partial charge in [0.1, 0.15) is 12.4 Å². The Hall–Kier alpha value is -1.82. The molecular weight excluding hydrogens is 473 g/mol. The molecule has 0 saturated carbocycles. The molecule has 2 heterocycles. The lowest BCUT2D eigenvalue weighted by atomic mass is 10.4. The number of hydrogen-bond acceptors (Lipinski definition) is 4. The Morgan fingerprint density at radius 1 is 1.50 bits per heavy atom. The first-order valence-corrected chi connectivity index (χ1v) is 8.25. The minimum Gasteiger partial charge on any atom is -0.357 e. The van der Waals surface area contributed by atoms with Crippen molar-refractivity contribution in [3.8, 4) is 0 Å². The van der Waals surface area contributed by atoms with Crippen LogP contribution in [0.25, 0.3) is 0 Å². The summed E-state index contributed by atoms with van der Waals surface area (Å²) < 4.78 is 3.49. The van der Waals surface area contributed by atoms with Crippen molar-refractivity contribution in [1.29, 1.82) is 0 Å². The minimum atomic E-state index is -0.463. The maximum atomic E-state index is 10.7. The highest BCUT2D eigenvalue weighted by Gasteiger charge is 2.11. The van der Waals surface area contributed by atoms with Crippen LogP contribution in [0.5, 0.6) is 0 Å². The van der Waals surface area contributed by atoms with Crippen LogP contribution in [0.4, 0.5) is 5.69 Å². The van der Waals surface area contributed by atoms with Crippen LogP contribution in [0.15, 0.2) is 29.6 Å². The predicted octanol–water partition coefficient (Wildman–Crippen LogP) is 2.50. The van der Waals surface area contributed by atoms with Gasteiger partial charge in [-0.15, -0.1) is 24.0 Å². The summed E-state index contributed by atoms with van der Waals surface area (Å²) in [7, 11) is 3.89. The fraction of sp³-hybridized carbons (Fsp3) is 0.467. The van der Waals surface area contributed by atoms with Crippen molar-refractivity contribution in [3.63, 3.8) is 0 Å². The van der Waals surface area contributed by atoms with Gasteiger partial charge < -0.3 is 14.8 Å². The summed E-state index contributed by atoms with van der Waals surface area (Å²) in [5.74, 6) is 0.751. The average molecular weight is 496 g/mol. The molecule has 0 saturated heterocycles. The molecule has 0 aromatic carbocycles. The summed E-state index contributed by atoms with van der Waals surface area (Å²) in [4.78, 5) is 16.8. The standard InChI is InChI=1S/C15H22ClN7O2.HI/c1-4-17-15(21(3)10-13-7-12(16)9-20(13)2)18-5-6-22-11-14(8-19-22)23(24)25;/h7-9,11H,4-6,10H2,1-3H3,(H,17,18);1H. The quantitative estimate of drug-likeness (QED) is 0.209. The summed E-state index contributed by atoms with van der Waals surface area (Å²) >= 11 is 6.02. The molecule has 0 spiro atoms. The molecule has 2 aromatic rings. The third-order valence-electron chi connectivity index (χ3n) is 3.59. The van der Waals surface area contributed by atoms with Crippen LogP contribution in [0.1, 0.15) is 12.6 Å². The lowest BCUT2D eigenvalue weighted by molar-refractivity contribution is -0.385. The van der Waals surface area contributed by atoms with Gasteiger partial charge in [0.15, 0.2) is 5.96 Å². The van der Waals surface area contributed by atoms with Crippen LogP contribution in [0.2, 0.25) is 5.02 Å². The van der Waals surface area contributed by atoms with E-state index < -0.39 is 4.92 Å². The Morgan fingerprint density at radius 3 is 2.77 bits per heavy atom. The summed E-state index contributed by atoms with van der Waals surface area (Å²) in [6.07, 6.45) is 4.50. The van der Waals surface area contributed by atoms with Gasteiger partial charge in [-0.2, -0.15) is 5.10 Å². The summed E-state index contributed by atoms with van der Waals surface area (Å²) in [6, 6.07) is 1.92. The monoisotopic (exact) mass is 495 g/mol. The summed E-state index contributed by atoms with van der Waals surface area (Å²) in [5.41, 5.74) is 1.05. The first-order valence-electron chi connectivity index (χ1n) is 7.87. The van der Waals surface area contributed by atoms with Crippen LogP contribution < -0.4 is 5.32 Å². The number of rotatable bonds is 7. The van der Waals surface area contributed by atoms with Crippen molar-refractivity contribution in [2.75, 3.05) is 20.1 Å². The Morgan fingerprint density at radius 2 is 2.23 bits per heavy atom. The second-order valence-corrected chi connectivity index (χ2v) is 6.01. The molecule has 0 bridgehead atoms. The van der Waals surface area contributed by atoms with E-state index >= 15 is 0 Å². The molecule has 0 radical (unpaired) electrons. The van der Waals surface area contributed by atoms with Gasteiger partial charge in [-0.3, -0.25) is 19.8 Å². The number of nitrogens with zero attached hydrogens (tertiary/aromatic N) is 6. The Balaban J connectivity index is 0.00000338. The number of guanidine groups is 1. The summed E-state index contributed by atoms with van der Waals surface area (Å²) in [6.45, 7) is 4.32. The number of hydrogen-bond donors (Lipinski definition) is 1. The molecule has 0 aliphatic heterocycles. The second kappa shape index (κ2) is 10.4. The zero-order valence-electron chi connectivity index (χ0n) is 14.9. The SMILES string of the molecule is CCNC(=NCCn1cc([N+](=O)[O-])cn1)N(C)Cc1cc(Cl)cn1C.I. The van der Waals surface area contributed by atoms with Crippen LogP contribution >= 0.6 is 35.6 Å². The normalized spacial score (nSPS) is 11.2. The lowest BCUT2D eigenvalue weighted by Gasteiger charge is -2.22. The number of aryl methyl sites for hydroxylation is 1. The molecule has 0 atom stereocenters. The van der Waals surface area contributed by atoms with E-state index in [4.69, 9.17) is 11.6 Å². The van der Waals surface area contributed by atoms with Crippen molar-refractivity contribution < 1.29 is 4.92 Å². The molecule has 11 heteroatoms. The number of aromatic nitrogens is 3. The molecular formula is C15H23ClIN7O2. The minimum absolute atomic E-state index is 0. The van der Waals surface area contributed by atoms with Gasteiger partial charge in [0.2, 0.25) is 0 Å². The molecule has 0 amide bonds. The number of halogens is 2. The second-order valence-electron chi connectivity index (χ2n) is 5.57. The third kappa shape index (κ3) is 6.16. The van der Waals surface area contributed by atoms with Crippen LogP contribution in [0.3, 0.4) is 0 Å². The van der Waals surface area contributed by atoms with Gasteiger partial charge in [0.25, 0.3) is 0 Å². The average Bonchev–Trinajstić information content (AvgIpc) is 3.13. The Kier molecular flexibility index (Phi) is 8.85. The highest BCUT2D eigenvalue weighted by molar-refractivity contribution is 14.0. The van der Waals surface area contributed by atoms with Crippen molar-refractivity contribution in [3.05, 3.63) is 45.5 Å². The van der Waals surface area contributed by atoms with Gasteiger partial charge in [0.05, 0.1) is 29.6 Å². The summed E-state index contributed by atoms with van der Waals surface area (Å²) in [5, 5.41) is 18.6. The number of nitro groups is 1. The fourth-order valence-electron chi connectivity index (χ4n) is 2.34. The molecule has 0 unspecified atom stereocenters. The Bertz CT molecular complexity index is 759. The van der Waals surface area contributed by atoms with E-state index in [1.807, 2.05) is 42.7 Å². The van der Waals surface area contributed by atoms with Gasteiger partial charge in [-0.1, -0.05) is 11.6 Å². The molecule has 0 aliphatic rings. The van der Waals surface area contributed by atoms with E-state index in [1.54, 1.807) is 0 Å². The van der Waals surface area contributed by atoms with E-state index in [9.17, 15) is 10.1 Å². The van der Waals surface area contributed by atoms with Crippen molar-refractivity contribution in [1.82, 2.24) is 24.6 Å². The van der Waals surface area contributed by atoms with Gasteiger partial charge in [0, 0.05) is 32.5 Å². The third-order valence-corrected chi connectivity index (χ3v) is 3.80. The Labute approximate surface area is 174 Å². The van der Waals surface area contributed by atoms with E-state index in [-0.39, 0.29) is 29.7 Å². The highest BCUT2D eigenvalue weighted by Crippen LogP contribution is 2.14. The zero-order valence-corrected chi connectivity index (χ0v) is 18.0. The molecule has 2 rings (SSSR count). The molecule has 9 nitrogen and oxygen atoms in total. The van der Waals surface area contributed by atoms with Gasteiger partial charge in [-0.25, -0.2) is 0 Å². The predicted molar refractivity (Wildman–Crippen MR) is 112 cm³/mol. The molecule has 0 fully saturated rings. The van der Waals surface area contributed by atoms with Crippen LogP contribution in [0, 0.1) is 10.1 Å². The van der Waals surface area contributed by atoms with E-state index in [1.165, 1.54) is 17.1 Å². The zero-order chi connectivity index (χ0) is 18.4. The van der Waals surface area contributed by atoms with Crippen molar-refractivity contribution >= 4 is 47.2 Å². The topological polar surface area (TPSA) is 93.5 Å². The number of nitrogens with one attached hydrogen (secondary N) is 1. The molecule has 26 heavy (non-hydrogen) atoms. The van der Waals surface area contributed by atoms with Crippen molar-refractivity contribution in [2.24, 2.45) is 12.0 Å². The van der Waals surface area contributed by atoms with E-state index in [0.717, 1.165) is 18.2 Å². The van der Waals surface area contributed by atoms with Gasteiger partial charge in [-0.05, 0) is 13.0 Å². The molecule has 0 aliphatic carbocycles. The van der Waals surface area contributed by atoms with Crippen molar-refractivity contribution in [2.45, 2.75) is 20.0 Å². The first-order chi connectivity index (χ1) is 11.9. The van der Waals surface area contributed by atoms with Gasteiger partial charge >= 0.3 is 5.69 Å². The lowest BCUT2D eigenvalue weighted by Crippen LogP contribution is -2.39. The van der Waals surface area contributed by atoms with E-state index in [0.29, 0.717) is 24.7 Å². The smallest absolute Gasteiger partial charge is 0.306 e. The fourth-order valence-corrected chi connectivity index (χ4v) is 2.61. The molecule has 1 N–H and O–H groups in total. The maximum Gasteiger partial charge on any atom is 0.306 e. The maximum absolute atomic E-state index is 10.7. The largest absolute Gasteiger partial charge is 0.357 e. The molecule has 144 valence electrons. The van der Waals surface area contributed by atoms with Crippen LogP contribution in [-0.2, 0) is 20.1 Å². The number of aliphatic imine (C=N–C) groups is 1.